The predicted molar refractivity (Wildman–Crippen MR) is 94.7 cm³/mol. The number of alkyl halides is 3. The van der Waals surface area contributed by atoms with E-state index in [0.29, 0.717) is 29.1 Å². The highest BCUT2D eigenvalue weighted by molar-refractivity contribution is 6.14. The first-order chi connectivity index (χ1) is 13.3. The normalized spacial score (nSPS) is 11.3. The first kappa shape index (κ1) is 22.5. The highest BCUT2D eigenvalue weighted by Gasteiger charge is 2.34. The van der Waals surface area contributed by atoms with Crippen LogP contribution in [0.1, 0.15) is 28.0 Å². The van der Waals surface area contributed by atoms with Crippen LogP contribution in [0.2, 0.25) is 0 Å². The van der Waals surface area contributed by atoms with Crippen molar-refractivity contribution >= 4 is 16.7 Å². The van der Waals surface area contributed by atoms with Crippen LogP contribution in [0.3, 0.4) is 0 Å². The number of methoxy groups -OCH3 is 1. The maximum absolute atomic E-state index is 13.1. The van der Waals surface area contributed by atoms with E-state index in [0.717, 1.165) is 12.1 Å². The number of hydrogen-bond donors (Lipinski definition) is 1. The summed E-state index contributed by atoms with van der Waals surface area (Å²) in [7, 11) is 1.49. The fourth-order valence-electron chi connectivity index (χ4n) is 3.01. The van der Waals surface area contributed by atoms with E-state index >= 15 is 0 Å². The van der Waals surface area contributed by atoms with Crippen LogP contribution in [0.25, 0.3) is 10.9 Å². The lowest BCUT2D eigenvalue weighted by molar-refractivity contribution is -0.670. The van der Waals surface area contributed by atoms with Crippen molar-refractivity contribution in [3.05, 3.63) is 64.5 Å². The van der Waals surface area contributed by atoms with Crippen molar-refractivity contribution in [2.24, 2.45) is 0 Å². The topological polar surface area (TPSA) is 85.8 Å². The van der Waals surface area contributed by atoms with Crippen molar-refractivity contribution in [2.75, 3.05) is 13.7 Å². The minimum absolute atomic E-state index is 0. The molecule has 0 atom stereocenters. The molecule has 0 fully saturated rings. The third kappa shape index (κ3) is 4.30. The van der Waals surface area contributed by atoms with E-state index in [4.69, 9.17) is 4.74 Å². The minimum Gasteiger partial charge on any atom is -1.00 e. The molecule has 29 heavy (non-hydrogen) atoms. The van der Waals surface area contributed by atoms with Crippen molar-refractivity contribution in [1.82, 2.24) is 4.68 Å². The minimum atomic E-state index is -4.59. The Morgan fingerprint density at radius 1 is 1.21 bits per heavy atom. The van der Waals surface area contributed by atoms with Gasteiger partial charge in [0, 0.05) is 18.1 Å². The van der Waals surface area contributed by atoms with Crippen LogP contribution >= 0.6 is 0 Å². The van der Waals surface area contributed by atoms with Crippen molar-refractivity contribution in [3.8, 4) is 5.75 Å². The van der Waals surface area contributed by atoms with Gasteiger partial charge in [0.1, 0.15) is 5.75 Å². The third-order valence-electron chi connectivity index (χ3n) is 4.45. The molecule has 3 N–H and O–H groups in total. The average molecular weight is 430 g/mol. The predicted octanol–water partition coefficient (Wildman–Crippen LogP) is -0.831. The number of rotatable bonds is 6. The molecule has 2 aromatic carbocycles. The Balaban J connectivity index is 0.00000300. The van der Waals surface area contributed by atoms with Crippen LogP contribution in [0.5, 0.6) is 5.75 Å². The number of aromatic nitrogens is 2. The fraction of sp³-hybridized carbons (Fsp3) is 0.263. The van der Waals surface area contributed by atoms with Crippen molar-refractivity contribution < 1.29 is 45.7 Å². The van der Waals surface area contributed by atoms with Gasteiger partial charge in [0.25, 0.3) is 5.52 Å². The van der Waals surface area contributed by atoms with Crippen LogP contribution in [-0.2, 0) is 12.7 Å². The molecule has 1 aromatic heterocycles. The maximum atomic E-state index is 13.1. The van der Waals surface area contributed by atoms with Crippen LogP contribution in [0, 0.1) is 5.21 Å². The molecule has 156 valence electrons. The Morgan fingerprint density at radius 3 is 2.41 bits per heavy atom. The monoisotopic (exact) mass is 429 g/mol. The summed E-state index contributed by atoms with van der Waals surface area (Å²) in [5, 5.41) is 12.9. The zero-order valence-electron chi connectivity index (χ0n) is 15.5. The Kier molecular flexibility index (Phi) is 6.76. The molecule has 0 radical (unpaired) electrons. The first-order valence-corrected chi connectivity index (χ1v) is 8.59. The summed E-state index contributed by atoms with van der Waals surface area (Å²) in [6.45, 7) is 0.679. The summed E-state index contributed by atoms with van der Waals surface area (Å²) in [6, 6.07) is 9.12. The summed E-state index contributed by atoms with van der Waals surface area (Å²) in [5.74, 6) is 0.105. The molecule has 3 aromatic rings. The van der Waals surface area contributed by atoms with Gasteiger partial charge in [0.05, 0.1) is 31.1 Å². The number of benzene rings is 2. The number of ether oxygens (including phenoxy) is 1. The van der Waals surface area contributed by atoms with Gasteiger partial charge in [-0.25, -0.2) is 0 Å². The Morgan fingerprint density at radius 2 is 1.86 bits per heavy atom. The standard InChI is InChI=1S/C19H18F3N3O3.ClH/c1-28-14-6-3-12(4-7-14)18(26)17-15-8-5-13(19(20,21)22)11-16(15)25(27)24(17)10-2-9-23;/h3-8,11H,2,9-10,23H2,1H3;1H. The van der Waals surface area contributed by atoms with Gasteiger partial charge in [-0.3, -0.25) is 4.79 Å². The number of carbonyl (C=O) groups is 1. The Bertz CT molecular complexity index is 1020. The van der Waals surface area contributed by atoms with Crippen molar-refractivity contribution in [2.45, 2.75) is 19.1 Å². The number of carbonyl (C=O) groups excluding carboxylic acids is 1. The molecular formula is C19H19ClF3N3O3. The second kappa shape index (κ2) is 8.71. The lowest BCUT2D eigenvalue weighted by atomic mass is 10.0. The van der Waals surface area contributed by atoms with Crippen molar-refractivity contribution in [1.29, 1.82) is 0 Å². The quantitative estimate of drug-likeness (QED) is 0.315. The van der Waals surface area contributed by atoms with Gasteiger partial charge in [-0.05, 0) is 36.4 Å². The Hall–Kier alpha value is -2.78. The van der Waals surface area contributed by atoms with Crippen molar-refractivity contribution in [3.63, 3.8) is 0 Å². The van der Waals surface area contributed by atoms with Crippen LogP contribution in [-0.4, -0.2) is 24.1 Å². The molecule has 0 spiro atoms. The van der Waals surface area contributed by atoms with Crippen LogP contribution in [0.4, 0.5) is 13.2 Å². The van der Waals surface area contributed by atoms with Gasteiger partial charge in [-0.2, -0.15) is 13.2 Å². The molecule has 0 saturated carbocycles. The van der Waals surface area contributed by atoms with Crippen LogP contribution in [0.15, 0.2) is 42.5 Å². The number of quaternary nitrogens is 1. The van der Waals surface area contributed by atoms with E-state index in [1.807, 2.05) is 0 Å². The first-order valence-electron chi connectivity index (χ1n) is 8.59. The molecule has 1 heterocycles. The van der Waals surface area contributed by atoms with E-state index in [2.05, 4.69) is 5.73 Å². The maximum Gasteiger partial charge on any atom is 0.416 e. The van der Waals surface area contributed by atoms with E-state index in [-0.39, 0.29) is 35.5 Å². The molecule has 0 aliphatic carbocycles. The molecular weight excluding hydrogens is 411 g/mol. The summed E-state index contributed by atoms with van der Waals surface area (Å²) < 4.78 is 45.4. The van der Waals surface area contributed by atoms with Gasteiger partial charge in [0.15, 0.2) is 5.69 Å². The highest BCUT2D eigenvalue weighted by atomic mass is 35.5. The molecule has 3 rings (SSSR count). The summed E-state index contributed by atoms with van der Waals surface area (Å²) in [4.78, 5) is 13.4. The average Bonchev–Trinajstić information content (AvgIpc) is 2.96. The fourth-order valence-corrected chi connectivity index (χ4v) is 3.01. The summed E-state index contributed by atoms with van der Waals surface area (Å²) in [5.41, 5.74) is 2.93. The molecule has 0 amide bonds. The molecule has 0 aliphatic heterocycles. The largest absolute Gasteiger partial charge is 1.00 e. The zero-order valence-corrected chi connectivity index (χ0v) is 16.3. The van der Waals surface area contributed by atoms with Gasteiger partial charge in [0.2, 0.25) is 5.78 Å². The Labute approximate surface area is 170 Å². The van der Waals surface area contributed by atoms with Gasteiger partial charge in [-0.1, -0.05) is 4.85 Å². The summed E-state index contributed by atoms with van der Waals surface area (Å²) >= 11 is 0. The van der Waals surface area contributed by atoms with Gasteiger partial charge >= 0.3 is 6.18 Å². The number of fused-ring (bicyclic) bond motifs is 1. The van der Waals surface area contributed by atoms with Gasteiger partial charge < -0.3 is 28.1 Å². The second-order valence-corrected chi connectivity index (χ2v) is 6.24. The zero-order chi connectivity index (χ0) is 20.5. The molecule has 0 bridgehead atoms. The summed E-state index contributed by atoms with van der Waals surface area (Å²) in [6.07, 6.45) is -4.09. The van der Waals surface area contributed by atoms with E-state index < -0.39 is 17.5 Å². The van der Waals surface area contributed by atoms with E-state index in [1.54, 1.807) is 24.3 Å². The number of halogens is 4. The number of ketones is 1. The molecule has 10 heteroatoms. The lowest BCUT2D eigenvalue weighted by Crippen LogP contribution is -3.00. The second-order valence-electron chi connectivity index (χ2n) is 6.24. The molecule has 0 saturated heterocycles. The smallest absolute Gasteiger partial charge is 0.416 e. The number of hydrogen-bond acceptors (Lipinski definition) is 3. The number of nitrogens with zero attached hydrogens (tertiary/aromatic N) is 2. The lowest BCUT2D eigenvalue weighted by Gasteiger charge is -2.07. The molecule has 6 nitrogen and oxygen atoms in total. The van der Waals surface area contributed by atoms with E-state index in [1.165, 1.54) is 17.9 Å². The highest BCUT2D eigenvalue weighted by Crippen LogP contribution is 2.32. The van der Waals surface area contributed by atoms with E-state index in [9.17, 15) is 23.2 Å². The van der Waals surface area contributed by atoms with Gasteiger partial charge in [-0.15, -0.1) is 4.68 Å². The molecule has 0 unspecified atom stereocenters. The third-order valence-corrected chi connectivity index (χ3v) is 4.45. The van der Waals surface area contributed by atoms with Crippen LogP contribution < -0.4 is 27.7 Å². The molecule has 0 aliphatic rings. The SMILES string of the molecule is COc1ccc(C(=O)c2c3ccc(C(F)(F)F)cc3[n+]([O-])n2CCC[NH3+])cc1.[Cl-].